The molecule has 2 heterocycles. The van der Waals surface area contributed by atoms with Crippen LogP contribution < -0.4 is 9.62 Å². The predicted octanol–water partition coefficient (Wildman–Crippen LogP) is 1.59. The molecule has 9 heteroatoms. The standard InChI is InChI=1S/C16H19ClN4O3S/c17-14-3-1-2-13(10-14)12-25(22,23)19-11-15-18-5-4-16(20-15)21-6-8-24-9-7-21/h1-5,10,19H,6-9,11-12H2. The summed E-state index contributed by atoms with van der Waals surface area (Å²) >= 11 is 5.89. The van der Waals surface area contributed by atoms with Crippen LogP contribution in [0.5, 0.6) is 0 Å². The molecule has 1 N–H and O–H groups in total. The summed E-state index contributed by atoms with van der Waals surface area (Å²) in [5, 5.41) is 0.509. The second-order valence-electron chi connectivity index (χ2n) is 5.64. The van der Waals surface area contributed by atoms with E-state index in [2.05, 4.69) is 19.6 Å². The van der Waals surface area contributed by atoms with E-state index in [1.54, 1.807) is 30.5 Å². The number of rotatable bonds is 6. The summed E-state index contributed by atoms with van der Waals surface area (Å²) in [6.07, 6.45) is 1.64. The highest BCUT2D eigenvalue weighted by Crippen LogP contribution is 2.14. The van der Waals surface area contributed by atoms with Crippen molar-refractivity contribution in [1.29, 1.82) is 0 Å². The number of nitrogens with zero attached hydrogens (tertiary/aromatic N) is 3. The minimum absolute atomic E-state index is 0.0427. The lowest BCUT2D eigenvalue weighted by atomic mass is 10.2. The predicted molar refractivity (Wildman–Crippen MR) is 96.0 cm³/mol. The molecule has 0 atom stereocenters. The largest absolute Gasteiger partial charge is 0.378 e. The molecule has 1 aromatic heterocycles. The van der Waals surface area contributed by atoms with Crippen LogP contribution in [0.25, 0.3) is 0 Å². The van der Waals surface area contributed by atoms with Crippen LogP contribution in [-0.2, 0) is 27.1 Å². The average molecular weight is 383 g/mol. The zero-order valence-electron chi connectivity index (χ0n) is 13.6. The quantitative estimate of drug-likeness (QED) is 0.816. The molecule has 0 aliphatic carbocycles. The number of hydrogen-bond donors (Lipinski definition) is 1. The molecule has 0 radical (unpaired) electrons. The monoisotopic (exact) mass is 382 g/mol. The maximum Gasteiger partial charge on any atom is 0.216 e. The summed E-state index contributed by atoms with van der Waals surface area (Å²) in [4.78, 5) is 10.7. The lowest BCUT2D eigenvalue weighted by Crippen LogP contribution is -2.37. The van der Waals surface area contributed by atoms with E-state index < -0.39 is 10.0 Å². The molecule has 134 valence electrons. The number of benzene rings is 1. The first-order valence-electron chi connectivity index (χ1n) is 7.88. The Morgan fingerprint density at radius 1 is 1.24 bits per heavy atom. The molecule has 3 rings (SSSR count). The fourth-order valence-electron chi connectivity index (χ4n) is 2.51. The smallest absolute Gasteiger partial charge is 0.216 e. The molecule has 2 aromatic rings. The number of sulfonamides is 1. The van der Waals surface area contributed by atoms with Gasteiger partial charge < -0.3 is 9.64 Å². The van der Waals surface area contributed by atoms with Gasteiger partial charge in [-0.15, -0.1) is 0 Å². The first-order chi connectivity index (χ1) is 12.0. The number of hydrogen-bond acceptors (Lipinski definition) is 6. The van der Waals surface area contributed by atoms with Gasteiger partial charge in [0.1, 0.15) is 11.6 Å². The zero-order valence-corrected chi connectivity index (χ0v) is 15.1. The van der Waals surface area contributed by atoms with Crippen LogP contribution in [0, 0.1) is 0 Å². The summed E-state index contributed by atoms with van der Waals surface area (Å²) in [6.45, 7) is 2.88. The Balaban J connectivity index is 1.62. The minimum atomic E-state index is -3.51. The van der Waals surface area contributed by atoms with Crippen LogP contribution in [0.15, 0.2) is 36.5 Å². The van der Waals surface area contributed by atoms with E-state index in [4.69, 9.17) is 16.3 Å². The van der Waals surface area contributed by atoms with Gasteiger partial charge in [-0.25, -0.2) is 23.1 Å². The van der Waals surface area contributed by atoms with Crippen molar-refractivity contribution in [2.45, 2.75) is 12.3 Å². The molecule has 0 spiro atoms. The molecule has 7 nitrogen and oxygen atoms in total. The number of nitrogens with one attached hydrogen (secondary N) is 1. The molecule has 0 bridgehead atoms. The van der Waals surface area contributed by atoms with Crippen molar-refractivity contribution in [2.75, 3.05) is 31.2 Å². The summed E-state index contributed by atoms with van der Waals surface area (Å²) in [5.74, 6) is 1.07. The molecule has 1 aliphatic heterocycles. The van der Waals surface area contributed by atoms with Gasteiger partial charge in [-0.3, -0.25) is 0 Å². The topological polar surface area (TPSA) is 84.4 Å². The van der Waals surface area contributed by atoms with Crippen molar-refractivity contribution in [3.63, 3.8) is 0 Å². The van der Waals surface area contributed by atoms with Crippen molar-refractivity contribution in [3.05, 3.63) is 52.9 Å². The molecule has 0 saturated carbocycles. The lowest BCUT2D eigenvalue weighted by molar-refractivity contribution is 0.122. The van der Waals surface area contributed by atoms with Crippen molar-refractivity contribution < 1.29 is 13.2 Å². The number of ether oxygens (including phenoxy) is 1. The molecule has 1 aliphatic rings. The Hall–Kier alpha value is -1.74. The van der Waals surface area contributed by atoms with Gasteiger partial charge in [-0.1, -0.05) is 23.7 Å². The van der Waals surface area contributed by atoms with Crippen LogP contribution in [0.3, 0.4) is 0 Å². The Morgan fingerprint density at radius 2 is 2.04 bits per heavy atom. The first kappa shape index (κ1) is 18.1. The third kappa shape index (κ3) is 5.37. The van der Waals surface area contributed by atoms with Crippen LogP contribution >= 0.6 is 11.6 Å². The van der Waals surface area contributed by atoms with E-state index in [-0.39, 0.29) is 12.3 Å². The van der Waals surface area contributed by atoms with E-state index in [1.807, 2.05) is 6.07 Å². The molecule has 1 aromatic carbocycles. The molecule has 25 heavy (non-hydrogen) atoms. The highest BCUT2D eigenvalue weighted by Gasteiger charge is 2.15. The number of halogens is 1. The van der Waals surface area contributed by atoms with Gasteiger partial charge in [0.15, 0.2) is 0 Å². The molecule has 1 saturated heterocycles. The maximum atomic E-state index is 12.2. The van der Waals surface area contributed by atoms with Crippen LogP contribution in [0.1, 0.15) is 11.4 Å². The fourth-order valence-corrected chi connectivity index (χ4v) is 3.80. The van der Waals surface area contributed by atoms with E-state index >= 15 is 0 Å². The zero-order chi connectivity index (χ0) is 17.7. The van der Waals surface area contributed by atoms with Gasteiger partial charge in [-0.2, -0.15) is 0 Å². The van der Waals surface area contributed by atoms with E-state index in [1.165, 1.54) is 0 Å². The highest BCUT2D eigenvalue weighted by molar-refractivity contribution is 7.88. The van der Waals surface area contributed by atoms with E-state index in [0.717, 1.165) is 18.9 Å². The summed E-state index contributed by atoms with van der Waals surface area (Å²) in [5.41, 5.74) is 0.628. The summed E-state index contributed by atoms with van der Waals surface area (Å²) in [6, 6.07) is 8.60. The Bertz CT molecular complexity index is 826. The summed E-state index contributed by atoms with van der Waals surface area (Å²) < 4.78 is 32.3. The molecule has 1 fully saturated rings. The van der Waals surface area contributed by atoms with Crippen molar-refractivity contribution in [2.24, 2.45) is 0 Å². The van der Waals surface area contributed by atoms with Crippen molar-refractivity contribution in [3.8, 4) is 0 Å². The van der Waals surface area contributed by atoms with Gasteiger partial charge in [0.25, 0.3) is 0 Å². The lowest BCUT2D eigenvalue weighted by Gasteiger charge is -2.27. The fraction of sp³-hybridized carbons (Fsp3) is 0.375. The van der Waals surface area contributed by atoms with E-state index in [0.29, 0.717) is 29.6 Å². The average Bonchev–Trinajstić information content (AvgIpc) is 2.61. The Kier molecular flexibility index (Phi) is 5.85. The molecule has 0 unspecified atom stereocenters. The Labute approximate surface area is 152 Å². The van der Waals surface area contributed by atoms with Crippen molar-refractivity contribution >= 4 is 27.4 Å². The SMILES string of the molecule is O=S(=O)(Cc1cccc(Cl)c1)NCc1nccc(N2CCOCC2)n1. The second-order valence-corrected chi connectivity index (χ2v) is 7.88. The highest BCUT2D eigenvalue weighted by atomic mass is 35.5. The minimum Gasteiger partial charge on any atom is -0.378 e. The van der Waals surface area contributed by atoms with Crippen molar-refractivity contribution in [1.82, 2.24) is 14.7 Å². The second kappa shape index (κ2) is 8.09. The van der Waals surface area contributed by atoms with Crippen LogP contribution in [0.4, 0.5) is 5.82 Å². The Morgan fingerprint density at radius 3 is 2.80 bits per heavy atom. The third-order valence-electron chi connectivity index (χ3n) is 3.72. The van der Waals surface area contributed by atoms with Gasteiger partial charge >= 0.3 is 0 Å². The maximum absolute atomic E-state index is 12.2. The van der Waals surface area contributed by atoms with E-state index in [9.17, 15) is 8.42 Å². The third-order valence-corrected chi connectivity index (χ3v) is 5.25. The summed E-state index contributed by atoms with van der Waals surface area (Å²) in [7, 11) is -3.51. The van der Waals surface area contributed by atoms with Gasteiger partial charge in [0.2, 0.25) is 10.0 Å². The number of morpholine rings is 1. The van der Waals surface area contributed by atoms with Gasteiger partial charge in [0.05, 0.1) is 25.5 Å². The number of anilines is 1. The first-order valence-corrected chi connectivity index (χ1v) is 9.91. The van der Waals surface area contributed by atoms with Gasteiger partial charge in [0, 0.05) is 24.3 Å². The number of aromatic nitrogens is 2. The molecule has 0 amide bonds. The van der Waals surface area contributed by atoms with Crippen LogP contribution in [0.2, 0.25) is 5.02 Å². The molecular formula is C16H19ClN4O3S. The normalized spacial score (nSPS) is 15.3. The van der Waals surface area contributed by atoms with Crippen LogP contribution in [-0.4, -0.2) is 44.7 Å². The van der Waals surface area contributed by atoms with Gasteiger partial charge in [-0.05, 0) is 23.8 Å². The molecular weight excluding hydrogens is 364 g/mol.